The van der Waals surface area contributed by atoms with E-state index in [4.69, 9.17) is 18.9 Å². The van der Waals surface area contributed by atoms with Crippen LogP contribution in [0.2, 0.25) is 0 Å². The molecule has 24 heavy (non-hydrogen) atoms. The van der Waals surface area contributed by atoms with Gasteiger partial charge < -0.3 is 18.9 Å². The first kappa shape index (κ1) is 19.0. The lowest BCUT2D eigenvalue weighted by Crippen LogP contribution is -2.46. The largest absolute Gasteiger partial charge is 0.491 e. The Kier molecular flexibility index (Phi) is 7.82. The lowest BCUT2D eigenvalue weighted by atomic mass is 10.2. The van der Waals surface area contributed by atoms with Crippen LogP contribution in [0.5, 0.6) is 11.5 Å². The molecule has 0 aromatic heterocycles. The van der Waals surface area contributed by atoms with Crippen molar-refractivity contribution in [2.75, 3.05) is 39.5 Å². The van der Waals surface area contributed by atoms with Gasteiger partial charge in [-0.15, -0.1) is 0 Å². The minimum absolute atomic E-state index is 0.161. The van der Waals surface area contributed by atoms with Crippen molar-refractivity contribution in [3.8, 4) is 11.5 Å². The molecule has 1 saturated heterocycles. The fourth-order valence-corrected chi connectivity index (χ4v) is 2.89. The summed E-state index contributed by atoms with van der Waals surface area (Å²) in [6.45, 7) is 13.0. The third-order valence-corrected chi connectivity index (χ3v) is 3.72. The summed E-state index contributed by atoms with van der Waals surface area (Å²) in [6, 6.07) is 7.72. The van der Waals surface area contributed by atoms with E-state index in [2.05, 4.69) is 18.7 Å². The van der Waals surface area contributed by atoms with Crippen LogP contribution in [0, 0.1) is 0 Å². The van der Waals surface area contributed by atoms with E-state index in [1.807, 2.05) is 38.1 Å². The van der Waals surface area contributed by atoms with Crippen LogP contribution in [-0.4, -0.2) is 62.7 Å². The average molecular weight is 337 g/mol. The molecule has 0 bridgehead atoms. The maximum absolute atomic E-state index is 5.73. The van der Waals surface area contributed by atoms with E-state index in [9.17, 15) is 0 Å². The van der Waals surface area contributed by atoms with Gasteiger partial charge in [0.15, 0.2) is 0 Å². The highest BCUT2D eigenvalue weighted by atomic mass is 16.5. The first-order valence-corrected chi connectivity index (χ1v) is 8.88. The van der Waals surface area contributed by atoms with Crippen LogP contribution in [-0.2, 0) is 9.47 Å². The first-order chi connectivity index (χ1) is 11.5. The lowest BCUT2D eigenvalue weighted by Gasteiger charge is -2.35. The molecule has 0 radical (unpaired) electrons. The van der Waals surface area contributed by atoms with Gasteiger partial charge in [-0.25, -0.2) is 0 Å². The second-order valence-electron chi connectivity index (χ2n) is 6.62. The van der Waals surface area contributed by atoms with Crippen molar-refractivity contribution in [3.05, 3.63) is 24.3 Å². The molecule has 2 atom stereocenters. The summed E-state index contributed by atoms with van der Waals surface area (Å²) in [7, 11) is 0. The zero-order valence-corrected chi connectivity index (χ0v) is 15.4. The van der Waals surface area contributed by atoms with E-state index in [0.29, 0.717) is 25.4 Å². The van der Waals surface area contributed by atoms with E-state index in [1.165, 1.54) is 0 Å². The van der Waals surface area contributed by atoms with Crippen LogP contribution >= 0.6 is 0 Å². The number of hydrogen-bond acceptors (Lipinski definition) is 5. The number of benzene rings is 1. The van der Waals surface area contributed by atoms with Crippen molar-refractivity contribution < 1.29 is 18.9 Å². The van der Waals surface area contributed by atoms with E-state index in [1.54, 1.807) is 0 Å². The van der Waals surface area contributed by atoms with Crippen molar-refractivity contribution in [1.82, 2.24) is 4.90 Å². The molecule has 0 saturated carbocycles. The summed E-state index contributed by atoms with van der Waals surface area (Å²) in [4.78, 5) is 2.40. The van der Waals surface area contributed by atoms with Gasteiger partial charge in [0.1, 0.15) is 18.1 Å². The summed E-state index contributed by atoms with van der Waals surface area (Å²) in [5, 5.41) is 0. The molecule has 1 aromatic rings. The van der Waals surface area contributed by atoms with E-state index in [0.717, 1.165) is 37.7 Å². The molecular weight excluding hydrogens is 306 g/mol. The summed E-state index contributed by atoms with van der Waals surface area (Å²) >= 11 is 0. The first-order valence-electron chi connectivity index (χ1n) is 8.88. The Hall–Kier alpha value is -1.30. The Labute approximate surface area is 145 Å². The fraction of sp³-hybridized carbons (Fsp3) is 0.684. The third-order valence-electron chi connectivity index (χ3n) is 3.72. The Morgan fingerprint density at radius 3 is 2.50 bits per heavy atom. The summed E-state index contributed by atoms with van der Waals surface area (Å²) in [6.07, 6.45) is 0.768. The fourth-order valence-electron chi connectivity index (χ4n) is 2.89. The Morgan fingerprint density at radius 2 is 1.79 bits per heavy atom. The Bertz CT molecular complexity index is 470. The van der Waals surface area contributed by atoms with Gasteiger partial charge in [0.05, 0.1) is 31.5 Å². The minimum atomic E-state index is 0.161. The average Bonchev–Trinajstić information content (AvgIpc) is 2.49. The minimum Gasteiger partial charge on any atom is -0.491 e. The summed E-state index contributed by atoms with van der Waals surface area (Å²) in [5.41, 5.74) is 0. The van der Waals surface area contributed by atoms with E-state index < -0.39 is 0 Å². The monoisotopic (exact) mass is 337 g/mol. The maximum atomic E-state index is 5.73. The molecule has 136 valence electrons. The number of ether oxygens (including phenoxy) is 4. The van der Waals surface area contributed by atoms with Crippen molar-refractivity contribution in [3.63, 3.8) is 0 Å². The molecule has 0 amide bonds. The molecular formula is C19H31NO4. The second kappa shape index (κ2) is 9.87. The van der Waals surface area contributed by atoms with Crippen LogP contribution in [0.25, 0.3) is 0 Å². The zero-order chi connectivity index (χ0) is 17.4. The van der Waals surface area contributed by atoms with Crippen LogP contribution in [0.3, 0.4) is 0 Å². The molecule has 0 aliphatic carbocycles. The number of morpholine rings is 1. The predicted octanol–water partition coefficient (Wildman–Crippen LogP) is 2.98. The predicted molar refractivity (Wildman–Crippen MR) is 95.0 cm³/mol. The van der Waals surface area contributed by atoms with Gasteiger partial charge in [0, 0.05) is 25.7 Å². The molecule has 1 aromatic carbocycles. The van der Waals surface area contributed by atoms with Crippen molar-refractivity contribution in [2.45, 2.75) is 46.0 Å². The molecule has 1 aliphatic rings. The SMILES string of the molecule is CC(C)Oc1cccc(OCCOCCN2C[C@@H](C)O[C@@H](C)C2)c1. The van der Waals surface area contributed by atoms with Crippen molar-refractivity contribution >= 4 is 0 Å². The van der Waals surface area contributed by atoms with Crippen LogP contribution < -0.4 is 9.47 Å². The normalized spacial score (nSPS) is 21.9. The molecule has 0 N–H and O–H groups in total. The molecule has 5 heteroatoms. The Balaban J connectivity index is 1.58. The molecule has 1 fully saturated rings. The lowest BCUT2D eigenvalue weighted by molar-refractivity contribution is -0.0734. The Morgan fingerprint density at radius 1 is 1.08 bits per heavy atom. The molecule has 0 unspecified atom stereocenters. The summed E-state index contributed by atoms with van der Waals surface area (Å²) < 4.78 is 22.8. The topological polar surface area (TPSA) is 40.2 Å². The van der Waals surface area contributed by atoms with Gasteiger partial charge in [-0.05, 0) is 39.8 Å². The number of nitrogens with zero attached hydrogens (tertiary/aromatic N) is 1. The maximum Gasteiger partial charge on any atom is 0.123 e. The summed E-state index contributed by atoms with van der Waals surface area (Å²) in [5.74, 6) is 1.64. The van der Waals surface area contributed by atoms with Crippen LogP contribution in [0.4, 0.5) is 0 Å². The molecule has 1 aliphatic heterocycles. The third kappa shape index (κ3) is 7.07. The van der Waals surface area contributed by atoms with Gasteiger partial charge in [0.2, 0.25) is 0 Å². The number of rotatable bonds is 9. The molecule has 5 nitrogen and oxygen atoms in total. The number of hydrogen-bond donors (Lipinski definition) is 0. The second-order valence-corrected chi connectivity index (χ2v) is 6.62. The van der Waals surface area contributed by atoms with Gasteiger partial charge in [0.25, 0.3) is 0 Å². The van der Waals surface area contributed by atoms with Crippen LogP contribution in [0.1, 0.15) is 27.7 Å². The van der Waals surface area contributed by atoms with Crippen molar-refractivity contribution in [2.24, 2.45) is 0 Å². The molecule has 1 heterocycles. The zero-order valence-electron chi connectivity index (χ0n) is 15.4. The quantitative estimate of drug-likeness (QED) is 0.648. The van der Waals surface area contributed by atoms with Gasteiger partial charge in [-0.3, -0.25) is 4.90 Å². The van der Waals surface area contributed by atoms with Gasteiger partial charge >= 0.3 is 0 Å². The van der Waals surface area contributed by atoms with Crippen molar-refractivity contribution in [1.29, 1.82) is 0 Å². The highest BCUT2D eigenvalue weighted by Crippen LogP contribution is 2.20. The highest BCUT2D eigenvalue weighted by molar-refractivity contribution is 5.33. The van der Waals surface area contributed by atoms with Gasteiger partial charge in [-0.1, -0.05) is 6.07 Å². The van der Waals surface area contributed by atoms with E-state index >= 15 is 0 Å². The smallest absolute Gasteiger partial charge is 0.123 e. The molecule has 2 rings (SSSR count). The van der Waals surface area contributed by atoms with E-state index in [-0.39, 0.29) is 6.10 Å². The van der Waals surface area contributed by atoms with Gasteiger partial charge in [-0.2, -0.15) is 0 Å². The van der Waals surface area contributed by atoms with Crippen LogP contribution in [0.15, 0.2) is 24.3 Å². The highest BCUT2D eigenvalue weighted by Gasteiger charge is 2.21. The standard InChI is InChI=1S/C19H31NO4/c1-15(2)23-19-7-5-6-18(12-19)22-11-10-21-9-8-20-13-16(3)24-17(4)14-20/h5-7,12,15-17H,8-11,13-14H2,1-4H3/t16-,17+. The molecule has 0 spiro atoms.